The number of carboxylic acid groups (broad SMARTS) is 1. The van der Waals surface area contributed by atoms with Gasteiger partial charge in [-0.1, -0.05) is 13.3 Å². The molecule has 118 valence electrons. The SMILES string of the molecule is CCC(CCc1c(O)ccc(O)c1O)CC(CN)C(=O)O. The van der Waals surface area contributed by atoms with Crippen molar-refractivity contribution in [2.24, 2.45) is 17.6 Å². The second-order valence-corrected chi connectivity index (χ2v) is 5.25. The summed E-state index contributed by atoms with van der Waals surface area (Å²) < 4.78 is 0. The molecule has 0 aliphatic rings. The van der Waals surface area contributed by atoms with E-state index in [4.69, 9.17) is 10.8 Å². The van der Waals surface area contributed by atoms with E-state index in [0.717, 1.165) is 6.42 Å². The van der Waals surface area contributed by atoms with E-state index in [9.17, 15) is 20.1 Å². The van der Waals surface area contributed by atoms with Gasteiger partial charge in [0, 0.05) is 12.1 Å². The summed E-state index contributed by atoms with van der Waals surface area (Å²) in [7, 11) is 0. The summed E-state index contributed by atoms with van der Waals surface area (Å²) in [6.07, 6.45) is 2.21. The molecule has 0 aromatic heterocycles. The molecular weight excluding hydrogens is 274 g/mol. The third-order valence-corrected chi connectivity index (χ3v) is 3.87. The summed E-state index contributed by atoms with van der Waals surface area (Å²) in [5.41, 5.74) is 5.74. The molecule has 6 heteroatoms. The average molecular weight is 297 g/mol. The quantitative estimate of drug-likeness (QED) is 0.368. The van der Waals surface area contributed by atoms with Gasteiger partial charge in [-0.2, -0.15) is 0 Å². The lowest BCUT2D eigenvalue weighted by atomic mass is 9.87. The van der Waals surface area contributed by atoms with Crippen LogP contribution < -0.4 is 5.73 Å². The van der Waals surface area contributed by atoms with Crippen molar-refractivity contribution in [3.8, 4) is 17.2 Å². The minimum absolute atomic E-state index is 0.0752. The molecule has 1 aromatic rings. The molecule has 1 aromatic carbocycles. The fourth-order valence-electron chi connectivity index (χ4n) is 2.40. The Morgan fingerprint density at radius 1 is 1.24 bits per heavy atom. The van der Waals surface area contributed by atoms with E-state index in [-0.39, 0.29) is 35.3 Å². The van der Waals surface area contributed by atoms with Crippen molar-refractivity contribution < 1.29 is 25.2 Å². The predicted octanol–water partition coefficient (Wildman–Crippen LogP) is 1.81. The van der Waals surface area contributed by atoms with E-state index in [1.807, 2.05) is 6.92 Å². The number of phenols is 3. The molecule has 0 saturated heterocycles. The average Bonchev–Trinajstić information content (AvgIpc) is 2.45. The fraction of sp³-hybridized carbons (Fsp3) is 0.533. The molecule has 0 spiro atoms. The maximum Gasteiger partial charge on any atom is 0.307 e. The first kappa shape index (κ1) is 17.1. The molecule has 0 aliphatic carbocycles. The molecule has 1 rings (SSSR count). The molecule has 0 heterocycles. The Bertz CT molecular complexity index is 489. The lowest BCUT2D eigenvalue weighted by Gasteiger charge is -2.19. The summed E-state index contributed by atoms with van der Waals surface area (Å²) >= 11 is 0. The summed E-state index contributed by atoms with van der Waals surface area (Å²) in [5, 5.41) is 38.0. The monoisotopic (exact) mass is 297 g/mol. The molecule has 0 aliphatic heterocycles. The zero-order valence-corrected chi connectivity index (χ0v) is 12.1. The van der Waals surface area contributed by atoms with Crippen LogP contribution in [0.2, 0.25) is 0 Å². The van der Waals surface area contributed by atoms with Crippen LogP contribution in [0.25, 0.3) is 0 Å². The summed E-state index contributed by atoms with van der Waals surface area (Å²) in [6.45, 7) is 2.05. The number of carbonyl (C=O) groups is 1. The highest BCUT2D eigenvalue weighted by Gasteiger charge is 2.21. The number of nitrogens with two attached hydrogens (primary N) is 1. The van der Waals surface area contributed by atoms with Crippen LogP contribution in [0, 0.1) is 11.8 Å². The Balaban J connectivity index is 2.72. The number of hydrogen-bond donors (Lipinski definition) is 5. The van der Waals surface area contributed by atoms with Gasteiger partial charge in [0.15, 0.2) is 11.5 Å². The zero-order chi connectivity index (χ0) is 16.0. The van der Waals surface area contributed by atoms with Crippen LogP contribution >= 0.6 is 0 Å². The van der Waals surface area contributed by atoms with Gasteiger partial charge in [-0.3, -0.25) is 4.79 Å². The first-order chi connectivity index (χ1) is 9.90. The molecular formula is C15H23NO5. The van der Waals surface area contributed by atoms with E-state index in [2.05, 4.69) is 0 Å². The smallest absolute Gasteiger partial charge is 0.307 e. The van der Waals surface area contributed by atoms with Crippen LogP contribution in [0.1, 0.15) is 31.7 Å². The largest absolute Gasteiger partial charge is 0.508 e. The number of aromatic hydroxyl groups is 3. The highest BCUT2D eigenvalue weighted by atomic mass is 16.4. The Hall–Kier alpha value is -1.95. The molecule has 0 amide bonds. The zero-order valence-electron chi connectivity index (χ0n) is 12.1. The van der Waals surface area contributed by atoms with Crippen molar-refractivity contribution in [2.75, 3.05) is 6.54 Å². The van der Waals surface area contributed by atoms with E-state index in [0.29, 0.717) is 19.3 Å². The van der Waals surface area contributed by atoms with Gasteiger partial charge in [-0.05, 0) is 37.3 Å². The van der Waals surface area contributed by atoms with Gasteiger partial charge in [-0.15, -0.1) is 0 Å². The maximum absolute atomic E-state index is 11.0. The molecule has 2 unspecified atom stereocenters. The van der Waals surface area contributed by atoms with Crippen LogP contribution in [0.3, 0.4) is 0 Å². The summed E-state index contributed by atoms with van der Waals surface area (Å²) in [4.78, 5) is 11.0. The number of hydrogen-bond acceptors (Lipinski definition) is 5. The fourth-order valence-corrected chi connectivity index (χ4v) is 2.40. The predicted molar refractivity (Wildman–Crippen MR) is 78.3 cm³/mol. The van der Waals surface area contributed by atoms with Crippen molar-refractivity contribution >= 4 is 5.97 Å². The van der Waals surface area contributed by atoms with Gasteiger partial charge in [0.05, 0.1) is 5.92 Å². The van der Waals surface area contributed by atoms with Gasteiger partial charge >= 0.3 is 5.97 Å². The van der Waals surface area contributed by atoms with Crippen LogP contribution in [0.4, 0.5) is 0 Å². The van der Waals surface area contributed by atoms with Crippen molar-refractivity contribution in [1.29, 1.82) is 0 Å². The van der Waals surface area contributed by atoms with E-state index < -0.39 is 11.9 Å². The van der Waals surface area contributed by atoms with Crippen molar-refractivity contribution in [3.63, 3.8) is 0 Å². The van der Waals surface area contributed by atoms with E-state index >= 15 is 0 Å². The van der Waals surface area contributed by atoms with Gasteiger partial charge in [0.1, 0.15) is 5.75 Å². The number of rotatable bonds is 8. The van der Waals surface area contributed by atoms with Gasteiger partial charge in [0.25, 0.3) is 0 Å². The Morgan fingerprint density at radius 3 is 2.38 bits per heavy atom. The molecule has 0 radical (unpaired) electrons. The van der Waals surface area contributed by atoms with Crippen molar-refractivity contribution in [1.82, 2.24) is 0 Å². The number of aliphatic carboxylic acids is 1. The molecule has 21 heavy (non-hydrogen) atoms. The third kappa shape index (κ3) is 4.53. The lowest BCUT2D eigenvalue weighted by molar-refractivity contribution is -0.142. The first-order valence-corrected chi connectivity index (χ1v) is 7.06. The standard InChI is InChI=1S/C15H23NO5/c1-2-9(7-10(8-16)15(20)21)3-4-11-12(17)5-6-13(18)14(11)19/h5-6,9-10,17-19H,2-4,7-8,16H2,1H3,(H,20,21). The van der Waals surface area contributed by atoms with E-state index in [1.165, 1.54) is 12.1 Å². The molecule has 6 N–H and O–H groups in total. The molecule has 2 atom stereocenters. The highest BCUT2D eigenvalue weighted by molar-refractivity contribution is 5.70. The highest BCUT2D eigenvalue weighted by Crippen LogP contribution is 2.36. The number of carboxylic acids is 1. The summed E-state index contributed by atoms with van der Waals surface area (Å²) in [5.74, 6) is -2.04. The van der Waals surface area contributed by atoms with Gasteiger partial charge in [-0.25, -0.2) is 0 Å². The normalized spacial score (nSPS) is 13.8. The topological polar surface area (TPSA) is 124 Å². The molecule has 6 nitrogen and oxygen atoms in total. The maximum atomic E-state index is 11.0. The number of benzene rings is 1. The second kappa shape index (κ2) is 7.73. The van der Waals surface area contributed by atoms with E-state index in [1.54, 1.807) is 0 Å². The van der Waals surface area contributed by atoms with Crippen LogP contribution in [0.5, 0.6) is 17.2 Å². The molecule has 0 fully saturated rings. The van der Waals surface area contributed by atoms with Crippen LogP contribution in [0.15, 0.2) is 12.1 Å². The number of phenolic OH excluding ortho intramolecular Hbond substituents is 3. The third-order valence-electron chi connectivity index (χ3n) is 3.87. The van der Waals surface area contributed by atoms with Gasteiger partial charge in [0.2, 0.25) is 0 Å². The van der Waals surface area contributed by atoms with Crippen LogP contribution in [-0.4, -0.2) is 32.9 Å². The second-order valence-electron chi connectivity index (χ2n) is 5.25. The lowest BCUT2D eigenvalue weighted by Crippen LogP contribution is -2.26. The first-order valence-electron chi connectivity index (χ1n) is 7.06. The van der Waals surface area contributed by atoms with Crippen molar-refractivity contribution in [2.45, 2.75) is 32.6 Å². The van der Waals surface area contributed by atoms with Crippen LogP contribution in [-0.2, 0) is 11.2 Å². The molecule has 0 saturated carbocycles. The Morgan fingerprint density at radius 2 is 1.86 bits per heavy atom. The minimum Gasteiger partial charge on any atom is -0.508 e. The Kier molecular flexibility index (Phi) is 6.30. The Labute approximate surface area is 123 Å². The van der Waals surface area contributed by atoms with Gasteiger partial charge < -0.3 is 26.2 Å². The minimum atomic E-state index is -0.904. The van der Waals surface area contributed by atoms with Crippen molar-refractivity contribution in [3.05, 3.63) is 17.7 Å². The summed E-state index contributed by atoms with van der Waals surface area (Å²) in [6, 6.07) is 2.55. The molecule has 0 bridgehead atoms.